The first kappa shape index (κ1) is 23.8. The van der Waals surface area contributed by atoms with Crippen LogP contribution in [0.5, 0.6) is 11.5 Å². The highest BCUT2D eigenvalue weighted by molar-refractivity contribution is 5.96. The van der Waals surface area contributed by atoms with Crippen molar-refractivity contribution in [2.24, 2.45) is 0 Å². The molecule has 1 fully saturated rings. The Labute approximate surface area is 192 Å². The molecule has 0 aromatic heterocycles. The molecule has 176 valence electrons. The average Bonchev–Trinajstić information content (AvgIpc) is 2.83. The summed E-state index contributed by atoms with van der Waals surface area (Å²) in [6, 6.07) is 9.31. The van der Waals surface area contributed by atoms with Gasteiger partial charge in [0.15, 0.2) is 0 Å². The van der Waals surface area contributed by atoms with Crippen LogP contribution in [-0.4, -0.2) is 62.0 Å². The minimum Gasteiger partial charge on any atom is -0.497 e. The Kier molecular flexibility index (Phi) is 7.37. The highest BCUT2D eigenvalue weighted by Gasteiger charge is 2.26. The zero-order chi connectivity index (χ0) is 24.1. The van der Waals surface area contributed by atoms with Crippen LogP contribution in [-0.2, 0) is 4.79 Å². The van der Waals surface area contributed by atoms with Gasteiger partial charge in [-0.15, -0.1) is 0 Å². The molecular formula is C23H28N4O6. The molecule has 0 unspecified atom stereocenters. The van der Waals surface area contributed by atoms with Crippen LogP contribution in [0.4, 0.5) is 11.4 Å². The van der Waals surface area contributed by atoms with Crippen LogP contribution in [0.1, 0.15) is 35.8 Å². The number of hydrogen-bond acceptors (Lipinski definition) is 7. The zero-order valence-electron chi connectivity index (χ0n) is 19.2. The molecule has 2 aromatic carbocycles. The molecule has 0 spiro atoms. The van der Waals surface area contributed by atoms with E-state index in [1.54, 1.807) is 49.3 Å². The van der Waals surface area contributed by atoms with Crippen LogP contribution in [0.2, 0.25) is 0 Å². The second kappa shape index (κ2) is 10.2. The van der Waals surface area contributed by atoms with Crippen molar-refractivity contribution in [1.29, 1.82) is 0 Å². The SMILES string of the molecule is COc1ccc(OC)c([C@H](C)NC(=O)c2ccc(N3CCN(C(C)=O)CC3)c([N+](=O)[O-])c2)c1. The van der Waals surface area contributed by atoms with Gasteiger partial charge in [-0.3, -0.25) is 19.7 Å². The lowest BCUT2D eigenvalue weighted by Gasteiger charge is -2.35. The summed E-state index contributed by atoms with van der Waals surface area (Å²) >= 11 is 0. The fraction of sp³-hybridized carbons (Fsp3) is 0.391. The zero-order valence-corrected chi connectivity index (χ0v) is 19.2. The second-order valence-electron chi connectivity index (χ2n) is 7.76. The largest absolute Gasteiger partial charge is 0.497 e. The van der Waals surface area contributed by atoms with Gasteiger partial charge in [0.2, 0.25) is 5.91 Å². The first-order valence-corrected chi connectivity index (χ1v) is 10.6. The number of carbonyl (C=O) groups excluding carboxylic acids is 2. The number of nitrogens with one attached hydrogen (secondary N) is 1. The fourth-order valence-electron chi connectivity index (χ4n) is 3.88. The molecule has 1 N–H and O–H groups in total. The van der Waals surface area contributed by atoms with Gasteiger partial charge in [-0.1, -0.05) is 0 Å². The van der Waals surface area contributed by atoms with Crippen LogP contribution in [0.15, 0.2) is 36.4 Å². The molecule has 2 amide bonds. The molecule has 1 aliphatic heterocycles. The summed E-state index contributed by atoms with van der Waals surface area (Å²) in [5.41, 5.74) is 1.19. The standard InChI is InChI=1S/C23H28N4O6/c1-15(19-14-18(32-3)6-8-22(19)33-4)24-23(29)17-5-7-20(21(13-17)27(30)31)26-11-9-25(10-12-26)16(2)28/h5-8,13-15H,9-12H2,1-4H3,(H,24,29)/t15-/m0/s1. The van der Waals surface area contributed by atoms with Crippen LogP contribution >= 0.6 is 0 Å². The predicted molar refractivity (Wildman–Crippen MR) is 123 cm³/mol. The number of nitro benzene ring substituents is 1. The summed E-state index contributed by atoms with van der Waals surface area (Å²) in [5, 5.41) is 14.6. The van der Waals surface area contributed by atoms with Crippen molar-refractivity contribution in [2.75, 3.05) is 45.3 Å². The maximum absolute atomic E-state index is 12.9. The number of carbonyl (C=O) groups is 2. The monoisotopic (exact) mass is 456 g/mol. The van der Waals surface area contributed by atoms with E-state index < -0.39 is 16.9 Å². The first-order chi connectivity index (χ1) is 15.7. The van der Waals surface area contributed by atoms with E-state index in [9.17, 15) is 19.7 Å². The Hall–Kier alpha value is -3.82. The maximum atomic E-state index is 12.9. The molecule has 0 bridgehead atoms. The first-order valence-electron chi connectivity index (χ1n) is 10.6. The number of nitrogens with zero attached hydrogens (tertiary/aromatic N) is 3. The third-order valence-electron chi connectivity index (χ3n) is 5.75. The number of hydrogen-bond donors (Lipinski definition) is 1. The lowest BCUT2D eigenvalue weighted by molar-refractivity contribution is -0.384. The lowest BCUT2D eigenvalue weighted by atomic mass is 10.1. The van der Waals surface area contributed by atoms with Crippen molar-refractivity contribution in [2.45, 2.75) is 19.9 Å². The maximum Gasteiger partial charge on any atom is 0.293 e. The van der Waals surface area contributed by atoms with E-state index in [0.717, 1.165) is 5.56 Å². The third kappa shape index (κ3) is 5.33. The molecule has 0 aliphatic carbocycles. The van der Waals surface area contributed by atoms with Crippen molar-refractivity contribution in [3.63, 3.8) is 0 Å². The minimum absolute atomic E-state index is 0.0158. The highest BCUT2D eigenvalue weighted by atomic mass is 16.6. The summed E-state index contributed by atoms with van der Waals surface area (Å²) in [6.45, 7) is 5.26. The lowest BCUT2D eigenvalue weighted by Crippen LogP contribution is -2.48. The second-order valence-corrected chi connectivity index (χ2v) is 7.76. The summed E-state index contributed by atoms with van der Waals surface area (Å²) in [4.78, 5) is 39.3. The number of methoxy groups -OCH3 is 2. The van der Waals surface area contributed by atoms with Crippen molar-refractivity contribution in [1.82, 2.24) is 10.2 Å². The number of benzene rings is 2. The molecule has 10 heteroatoms. The van der Waals surface area contributed by atoms with E-state index in [4.69, 9.17) is 9.47 Å². The third-order valence-corrected chi connectivity index (χ3v) is 5.75. The van der Waals surface area contributed by atoms with Gasteiger partial charge in [-0.25, -0.2) is 0 Å². The molecule has 10 nitrogen and oxygen atoms in total. The van der Waals surface area contributed by atoms with E-state index >= 15 is 0 Å². The van der Waals surface area contributed by atoms with Gasteiger partial charge in [-0.2, -0.15) is 0 Å². The van der Waals surface area contributed by atoms with Gasteiger partial charge in [-0.05, 0) is 37.3 Å². The molecule has 1 aliphatic rings. The van der Waals surface area contributed by atoms with Gasteiger partial charge in [0.05, 0.1) is 25.2 Å². The van der Waals surface area contributed by atoms with Crippen LogP contribution in [0.25, 0.3) is 0 Å². The Morgan fingerprint density at radius 2 is 1.76 bits per heavy atom. The van der Waals surface area contributed by atoms with Gasteiger partial charge >= 0.3 is 0 Å². The minimum atomic E-state index is -0.488. The number of rotatable bonds is 7. The van der Waals surface area contributed by atoms with E-state index in [0.29, 0.717) is 43.4 Å². The molecule has 1 atom stereocenters. The van der Waals surface area contributed by atoms with Crippen LogP contribution in [0.3, 0.4) is 0 Å². The number of amides is 2. The molecule has 0 saturated carbocycles. The van der Waals surface area contributed by atoms with Crippen molar-refractivity contribution < 1.29 is 24.0 Å². The Bertz CT molecular complexity index is 1050. The molecule has 0 radical (unpaired) electrons. The van der Waals surface area contributed by atoms with Crippen LogP contribution < -0.4 is 19.7 Å². The number of anilines is 1. The molecular weight excluding hydrogens is 428 g/mol. The average molecular weight is 456 g/mol. The smallest absolute Gasteiger partial charge is 0.293 e. The Morgan fingerprint density at radius 3 is 2.33 bits per heavy atom. The van der Waals surface area contributed by atoms with E-state index in [1.165, 1.54) is 20.1 Å². The van der Waals surface area contributed by atoms with Crippen molar-refractivity contribution >= 4 is 23.2 Å². The quantitative estimate of drug-likeness (QED) is 0.503. The van der Waals surface area contributed by atoms with Gasteiger partial charge in [0.1, 0.15) is 17.2 Å². The number of nitro groups is 1. The fourth-order valence-corrected chi connectivity index (χ4v) is 3.88. The summed E-state index contributed by atoms with van der Waals surface area (Å²) in [7, 11) is 3.09. The normalized spacial score (nSPS) is 14.4. The van der Waals surface area contributed by atoms with Crippen molar-refractivity contribution in [3.05, 3.63) is 57.6 Å². The van der Waals surface area contributed by atoms with E-state index in [-0.39, 0.29) is 17.2 Å². The topological polar surface area (TPSA) is 114 Å². The number of piperazine rings is 1. The Balaban J connectivity index is 1.80. The van der Waals surface area contributed by atoms with E-state index in [1.807, 2.05) is 4.90 Å². The highest BCUT2D eigenvalue weighted by Crippen LogP contribution is 2.32. The molecule has 1 heterocycles. The molecule has 3 rings (SSSR count). The summed E-state index contributed by atoms with van der Waals surface area (Å²) < 4.78 is 10.6. The Morgan fingerprint density at radius 1 is 1.06 bits per heavy atom. The van der Waals surface area contributed by atoms with Gasteiger partial charge in [0, 0.05) is 50.3 Å². The van der Waals surface area contributed by atoms with Crippen molar-refractivity contribution in [3.8, 4) is 11.5 Å². The molecule has 2 aromatic rings. The molecule has 33 heavy (non-hydrogen) atoms. The van der Waals surface area contributed by atoms with Gasteiger partial charge < -0.3 is 24.6 Å². The predicted octanol–water partition coefficient (Wildman–Crippen LogP) is 2.77. The van der Waals surface area contributed by atoms with Crippen LogP contribution in [0, 0.1) is 10.1 Å². The van der Waals surface area contributed by atoms with Gasteiger partial charge in [0.25, 0.3) is 11.6 Å². The van der Waals surface area contributed by atoms with E-state index in [2.05, 4.69) is 5.32 Å². The summed E-state index contributed by atoms with van der Waals surface area (Å²) in [6.07, 6.45) is 0. The molecule has 1 saturated heterocycles. The number of ether oxygens (including phenoxy) is 2. The summed E-state index contributed by atoms with van der Waals surface area (Å²) in [5.74, 6) is 0.757.